The highest BCUT2D eigenvalue weighted by atomic mass is 16.2. The van der Waals surface area contributed by atoms with Crippen molar-refractivity contribution in [2.24, 2.45) is 5.92 Å². The Kier molecular flexibility index (Phi) is 6.64. The number of carbonyl (C=O) groups excluding carboxylic acids is 2. The molecule has 1 aliphatic heterocycles. The Morgan fingerprint density at radius 1 is 1.21 bits per heavy atom. The van der Waals surface area contributed by atoms with E-state index in [1.807, 2.05) is 43.1 Å². The standard InChI is InChI=1S/C19H29N3O2/c1-4-5-12-21(3)18(23)16-10-13-22(14-11-16)19(24)20-17-8-6-15(2)7-9-17/h6-9,16H,4-5,10-14H2,1-3H3,(H,20,24). The van der Waals surface area contributed by atoms with Gasteiger partial charge in [0.25, 0.3) is 0 Å². The summed E-state index contributed by atoms with van der Waals surface area (Å²) in [5.74, 6) is 0.275. The maximum Gasteiger partial charge on any atom is 0.321 e. The van der Waals surface area contributed by atoms with Gasteiger partial charge in [0.1, 0.15) is 0 Å². The number of carbonyl (C=O) groups is 2. The van der Waals surface area contributed by atoms with Crippen LogP contribution in [0.3, 0.4) is 0 Å². The molecule has 0 aliphatic carbocycles. The molecule has 1 heterocycles. The van der Waals surface area contributed by atoms with Crippen molar-refractivity contribution in [2.45, 2.75) is 39.5 Å². The number of rotatable bonds is 5. The predicted molar refractivity (Wildman–Crippen MR) is 97.0 cm³/mol. The monoisotopic (exact) mass is 331 g/mol. The zero-order valence-corrected chi connectivity index (χ0v) is 15.0. The molecule has 3 amide bonds. The normalized spacial score (nSPS) is 15.2. The second kappa shape index (κ2) is 8.71. The van der Waals surface area contributed by atoms with Gasteiger partial charge in [-0.15, -0.1) is 0 Å². The van der Waals surface area contributed by atoms with Crippen molar-refractivity contribution in [1.82, 2.24) is 9.80 Å². The van der Waals surface area contributed by atoms with Crippen molar-refractivity contribution in [3.63, 3.8) is 0 Å². The van der Waals surface area contributed by atoms with E-state index in [9.17, 15) is 9.59 Å². The predicted octanol–water partition coefficient (Wildman–Crippen LogP) is 3.50. The third-order valence-corrected chi connectivity index (χ3v) is 4.66. The molecule has 0 atom stereocenters. The summed E-state index contributed by atoms with van der Waals surface area (Å²) in [6.07, 6.45) is 3.63. The summed E-state index contributed by atoms with van der Waals surface area (Å²) in [4.78, 5) is 28.4. The molecule has 5 heteroatoms. The molecule has 24 heavy (non-hydrogen) atoms. The van der Waals surface area contributed by atoms with Gasteiger partial charge in [-0.25, -0.2) is 4.79 Å². The van der Waals surface area contributed by atoms with E-state index in [2.05, 4.69) is 12.2 Å². The lowest BCUT2D eigenvalue weighted by Gasteiger charge is -2.33. The first-order valence-corrected chi connectivity index (χ1v) is 8.89. The van der Waals surface area contributed by atoms with E-state index in [4.69, 9.17) is 0 Å². The summed E-state index contributed by atoms with van der Waals surface area (Å²) < 4.78 is 0. The molecule has 1 aromatic rings. The zero-order chi connectivity index (χ0) is 17.5. The number of anilines is 1. The van der Waals surface area contributed by atoms with E-state index < -0.39 is 0 Å². The van der Waals surface area contributed by atoms with Crippen molar-refractivity contribution >= 4 is 17.6 Å². The van der Waals surface area contributed by atoms with Crippen molar-refractivity contribution in [3.05, 3.63) is 29.8 Å². The fourth-order valence-corrected chi connectivity index (χ4v) is 2.99. The minimum Gasteiger partial charge on any atom is -0.346 e. The summed E-state index contributed by atoms with van der Waals surface area (Å²) in [6.45, 7) is 6.24. The Balaban J connectivity index is 1.80. The molecule has 0 bridgehead atoms. The third kappa shape index (κ3) is 4.98. The first-order valence-electron chi connectivity index (χ1n) is 8.89. The van der Waals surface area contributed by atoms with Gasteiger partial charge in [0.15, 0.2) is 0 Å². The van der Waals surface area contributed by atoms with Crippen LogP contribution in [0.15, 0.2) is 24.3 Å². The molecule has 132 valence electrons. The molecule has 1 N–H and O–H groups in total. The molecule has 0 spiro atoms. The third-order valence-electron chi connectivity index (χ3n) is 4.66. The summed E-state index contributed by atoms with van der Waals surface area (Å²) in [7, 11) is 1.88. The Morgan fingerprint density at radius 3 is 2.42 bits per heavy atom. The van der Waals surface area contributed by atoms with E-state index in [1.54, 1.807) is 4.90 Å². The molecule has 1 fully saturated rings. The van der Waals surface area contributed by atoms with Crippen LogP contribution in [-0.2, 0) is 4.79 Å². The largest absolute Gasteiger partial charge is 0.346 e. The number of benzene rings is 1. The smallest absolute Gasteiger partial charge is 0.321 e. The summed E-state index contributed by atoms with van der Waals surface area (Å²) in [5.41, 5.74) is 1.97. The molecule has 1 saturated heterocycles. The average Bonchev–Trinajstić information content (AvgIpc) is 2.61. The topological polar surface area (TPSA) is 52.7 Å². The van der Waals surface area contributed by atoms with E-state index in [1.165, 1.54) is 5.56 Å². The minimum absolute atomic E-state index is 0.0512. The quantitative estimate of drug-likeness (QED) is 0.898. The Morgan fingerprint density at radius 2 is 1.83 bits per heavy atom. The molecule has 5 nitrogen and oxygen atoms in total. The maximum absolute atomic E-state index is 12.4. The van der Waals surface area contributed by atoms with Crippen molar-refractivity contribution in [1.29, 1.82) is 0 Å². The van der Waals surface area contributed by atoms with Crippen LogP contribution in [-0.4, -0.2) is 48.4 Å². The second-order valence-electron chi connectivity index (χ2n) is 6.67. The molecule has 0 unspecified atom stereocenters. The fraction of sp³-hybridized carbons (Fsp3) is 0.579. The van der Waals surface area contributed by atoms with Gasteiger partial charge in [-0.1, -0.05) is 31.0 Å². The van der Waals surface area contributed by atoms with Crippen molar-refractivity contribution < 1.29 is 9.59 Å². The Bertz CT molecular complexity index is 548. The van der Waals surface area contributed by atoms with Crippen LogP contribution in [0.5, 0.6) is 0 Å². The number of likely N-dealkylation sites (tertiary alicyclic amines) is 1. The number of aryl methyl sites for hydroxylation is 1. The van der Waals surface area contributed by atoms with Crippen LogP contribution in [0.1, 0.15) is 38.2 Å². The number of amides is 3. The molecule has 1 aliphatic rings. The highest BCUT2D eigenvalue weighted by molar-refractivity contribution is 5.89. The van der Waals surface area contributed by atoms with Crippen LogP contribution < -0.4 is 5.32 Å². The van der Waals surface area contributed by atoms with Crippen molar-refractivity contribution in [3.8, 4) is 0 Å². The van der Waals surface area contributed by atoms with Crippen LogP contribution >= 0.6 is 0 Å². The lowest BCUT2D eigenvalue weighted by molar-refractivity contribution is -0.135. The van der Waals surface area contributed by atoms with Gasteiger partial charge in [-0.3, -0.25) is 4.79 Å². The van der Waals surface area contributed by atoms with E-state index in [0.29, 0.717) is 13.1 Å². The van der Waals surface area contributed by atoms with Gasteiger partial charge in [0.2, 0.25) is 5.91 Å². The van der Waals surface area contributed by atoms with Gasteiger partial charge < -0.3 is 15.1 Å². The summed E-state index contributed by atoms with van der Waals surface area (Å²) >= 11 is 0. The van der Waals surface area contributed by atoms with Crippen molar-refractivity contribution in [2.75, 3.05) is 32.0 Å². The zero-order valence-electron chi connectivity index (χ0n) is 15.0. The molecule has 1 aromatic carbocycles. The SMILES string of the molecule is CCCCN(C)C(=O)C1CCN(C(=O)Nc2ccc(C)cc2)CC1. The number of unbranched alkanes of at least 4 members (excludes halogenated alkanes) is 1. The molecular weight excluding hydrogens is 302 g/mol. The Labute approximate surface area is 145 Å². The first kappa shape index (κ1) is 18.3. The van der Waals surface area contributed by atoms with E-state index in [-0.39, 0.29) is 17.9 Å². The van der Waals surface area contributed by atoms with Gasteiger partial charge in [-0.2, -0.15) is 0 Å². The number of hydrogen-bond donors (Lipinski definition) is 1. The van der Waals surface area contributed by atoms with E-state index in [0.717, 1.165) is 37.9 Å². The van der Waals surface area contributed by atoms with Gasteiger partial charge in [0, 0.05) is 38.3 Å². The number of nitrogens with zero attached hydrogens (tertiary/aromatic N) is 2. The van der Waals surface area contributed by atoms with Gasteiger partial charge in [-0.05, 0) is 38.3 Å². The molecule has 0 aromatic heterocycles. The fourth-order valence-electron chi connectivity index (χ4n) is 2.99. The first-order chi connectivity index (χ1) is 11.5. The number of piperidine rings is 1. The van der Waals surface area contributed by atoms with Crippen LogP contribution in [0.2, 0.25) is 0 Å². The molecule has 0 radical (unpaired) electrons. The highest BCUT2D eigenvalue weighted by Gasteiger charge is 2.28. The number of hydrogen-bond acceptors (Lipinski definition) is 2. The van der Waals surface area contributed by atoms with Crippen LogP contribution in [0, 0.1) is 12.8 Å². The van der Waals surface area contributed by atoms with Crippen LogP contribution in [0.25, 0.3) is 0 Å². The summed E-state index contributed by atoms with van der Waals surface area (Å²) in [5, 5.41) is 2.93. The average molecular weight is 331 g/mol. The van der Waals surface area contributed by atoms with Gasteiger partial charge >= 0.3 is 6.03 Å². The molecule has 2 rings (SSSR count). The molecule has 0 saturated carbocycles. The maximum atomic E-state index is 12.4. The second-order valence-corrected chi connectivity index (χ2v) is 6.67. The number of nitrogens with one attached hydrogen (secondary N) is 1. The Hall–Kier alpha value is -2.04. The number of urea groups is 1. The highest BCUT2D eigenvalue weighted by Crippen LogP contribution is 2.20. The minimum atomic E-state index is -0.0795. The lowest BCUT2D eigenvalue weighted by Crippen LogP contribution is -2.45. The van der Waals surface area contributed by atoms with Crippen LogP contribution in [0.4, 0.5) is 10.5 Å². The summed E-state index contributed by atoms with van der Waals surface area (Å²) in [6, 6.07) is 7.70. The lowest BCUT2D eigenvalue weighted by atomic mass is 9.95. The molecular formula is C19H29N3O2. The van der Waals surface area contributed by atoms with Gasteiger partial charge in [0.05, 0.1) is 0 Å². The van der Waals surface area contributed by atoms with E-state index >= 15 is 0 Å².